The average Bonchev–Trinajstić information content (AvgIpc) is 3.86. The summed E-state index contributed by atoms with van der Waals surface area (Å²) in [5.41, 5.74) is 13.0. The normalized spacial score (nSPS) is 12.3. The lowest BCUT2D eigenvalue weighted by atomic mass is 9.98. The van der Waals surface area contributed by atoms with Crippen molar-refractivity contribution in [1.82, 2.24) is 0 Å². The molecule has 2 aromatic heterocycles. The highest BCUT2D eigenvalue weighted by atomic mass is 32.1. The number of hydrogen-bond acceptors (Lipinski definition) is 3. The van der Waals surface area contributed by atoms with Crippen molar-refractivity contribution in [1.29, 1.82) is 0 Å². The van der Waals surface area contributed by atoms with E-state index in [-0.39, 0.29) is 0 Å². The second-order valence-corrected chi connectivity index (χ2v) is 14.3. The fraction of sp³-hybridized carbons (Fsp3) is 0.0213. The molecule has 2 heterocycles. The van der Waals surface area contributed by atoms with Crippen LogP contribution in [0.25, 0.3) is 75.1 Å². The van der Waals surface area contributed by atoms with Crippen molar-refractivity contribution in [3.05, 3.63) is 175 Å². The van der Waals surface area contributed by atoms with Crippen molar-refractivity contribution in [2.45, 2.75) is 6.42 Å². The third-order valence-electron chi connectivity index (χ3n) is 10.5. The number of benzene rings is 8. The van der Waals surface area contributed by atoms with Crippen LogP contribution in [0.5, 0.6) is 0 Å². The fourth-order valence-electron chi connectivity index (χ4n) is 8.14. The fourth-order valence-corrected chi connectivity index (χ4v) is 9.40. The minimum Gasteiger partial charge on any atom is -0.456 e. The van der Waals surface area contributed by atoms with Gasteiger partial charge in [0.1, 0.15) is 11.2 Å². The van der Waals surface area contributed by atoms with E-state index in [1.54, 1.807) is 0 Å². The van der Waals surface area contributed by atoms with Gasteiger partial charge in [-0.25, -0.2) is 0 Å². The first-order chi connectivity index (χ1) is 24.8. The zero-order valence-corrected chi connectivity index (χ0v) is 27.9. The second-order valence-electron chi connectivity index (χ2n) is 13.3. The number of anilines is 3. The molecule has 0 N–H and O–H groups in total. The molecule has 10 aromatic rings. The Morgan fingerprint density at radius 3 is 2.10 bits per heavy atom. The topological polar surface area (TPSA) is 16.4 Å². The Labute approximate surface area is 293 Å². The van der Waals surface area contributed by atoms with Gasteiger partial charge < -0.3 is 9.32 Å². The van der Waals surface area contributed by atoms with Crippen LogP contribution in [0, 0.1) is 0 Å². The highest BCUT2D eigenvalue weighted by Gasteiger charge is 2.22. The van der Waals surface area contributed by atoms with Crippen molar-refractivity contribution < 1.29 is 4.42 Å². The lowest BCUT2D eigenvalue weighted by Gasteiger charge is -2.26. The minimum absolute atomic E-state index is 0.889. The van der Waals surface area contributed by atoms with E-state index in [2.05, 4.69) is 157 Å². The number of para-hydroxylation sites is 1. The maximum Gasteiger partial charge on any atom is 0.137 e. The molecule has 0 aliphatic heterocycles. The predicted octanol–water partition coefficient (Wildman–Crippen LogP) is 13.8. The molecule has 8 aromatic carbocycles. The van der Waals surface area contributed by atoms with Gasteiger partial charge in [-0.3, -0.25) is 0 Å². The van der Waals surface area contributed by atoms with E-state index >= 15 is 0 Å². The van der Waals surface area contributed by atoms with Crippen LogP contribution in [0.3, 0.4) is 0 Å². The van der Waals surface area contributed by atoms with E-state index < -0.39 is 0 Å². The first-order valence-corrected chi connectivity index (χ1v) is 17.9. The van der Waals surface area contributed by atoms with E-state index in [9.17, 15) is 0 Å². The Kier molecular flexibility index (Phi) is 5.92. The van der Waals surface area contributed by atoms with Gasteiger partial charge in [-0.05, 0) is 99.1 Å². The van der Waals surface area contributed by atoms with E-state index in [1.807, 2.05) is 23.5 Å². The molecule has 234 valence electrons. The molecule has 11 rings (SSSR count). The molecule has 0 unspecified atom stereocenters. The van der Waals surface area contributed by atoms with Crippen LogP contribution in [-0.2, 0) is 6.42 Å². The van der Waals surface area contributed by atoms with Gasteiger partial charge in [0.15, 0.2) is 0 Å². The molecular weight excluding hydrogens is 627 g/mol. The summed E-state index contributed by atoms with van der Waals surface area (Å²) in [4.78, 5) is 2.37. The van der Waals surface area contributed by atoms with Crippen LogP contribution in [0.15, 0.2) is 168 Å². The molecule has 1 aliphatic rings. The number of fused-ring (bicyclic) bond motifs is 11. The second kappa shape index (κ2) is 10.7. The monoisotopic (exact) mass is 655 g/mol. The summed E-state index contributed by atoms with van der Waals surface area (Å²) in [6.07, 6.45) is 0.976. The average molecular weight is 656 g/mol. The molecular formula is C47H29NOS. The van der Waals surface area contributed by atoms with Gasteiger partial charge in [-0.2, -0.15) is 0 Å². The molecule has 3 heteroatoms. The van der Waals surface area contributed by atoms with E-state index in [0.29, 0.717) is 0 Å². The number of hydrogen-bond donors (Lipinski definition) is 0. The zero-order valence-electron chi connectivity index (χ0n) is 27.1. The Morgan fingerprint density at radius 2 is 1.16 bits per heavy atom. The molecule has 0 radical (unpaired) electrons. The molecule has 0 spiro atoms. The minimum atomic E-state index is 0.889. The van der Waals surface area contributed by atoms with Crippen LogP contribution in [0.2, 0.25) is 0 Å². The predicted molar refractivity (Wildman–Crippen MR) is 212 cm³/mol. The molecule has 1 aliphatic carbocycles. The Morgan fingerprint density at radius 1 is 0.460 bits per heavy atom. The van der Waals surface area contributed by atoms with Gasteiger partial charge in [-0.15, -0.1) is 11.3 Å². The summed E-state index contributed by atoms with van der Waals surface area (Å²) >= 11 is 1.89. The van der Waals surface area contributed by atoms with Crippen molar-refractivity contribution in [3.8, 4) is 22.3 Å². The van der Waals surface area contributed by atoms with Crippen molar-refractivity contribution in [3.63, 3.8) is 0 Å². The molecule has 0 atom stereocenters. The third kappa shape index (κ3) is 4.14. The first kappa shape index (κ1) is 27.8. The first-order valence-electron chi connectivity index (χ1n) is 17.1. The van der Waals surface area contributed by atoms with E-state index in [1.165, 1.54) is 64.3 Å². The van der Waals surface area contributed by atoms with E-state index in [4.69, 9.17) is 4.42 Å². The van der Waals surface area contributed by atoms with Crippen molar-refractivity contribution >= 4 is 81.3 Å². The Hall–Kier alpha value is -6.16. The summed E-state index contributed by atoms with van der Waals surface area (Å²) in [6, 6.07) is 59.7. The maximum absolute atomic E-state index is 6.38. The summed E-state index contributed by atoms with van der Waals surface area (Å²) in [5.74, 6) is 0. The molecule has 50 heavy (non-hydrogen) atoms. The molecule has 2 nitrogen and oxygen atoms in total. The SMILES string of the molecule is c1ccc2c(c1)Cc1ccc(N(c3ccc(-c4cccc5sc6c7ccccc7ccc6c45)cc3)c3ccc4c(c3)oc3ccccc34)cc1-2. The van der Waals surface area contributed by atoms with Crippen LogP contribution in [0.1, 0.15) is 11.1 Å². The van der Waals surface area contributed by atoms with Crippen LogP contribution < -0.4 is 4.90 Å². The largest absolute Gasteiger partial charge is 0.456 e. The summed E-state index contributed by atoms with van der Waals surface area (Å²) in [7, 11) is 0. The Balaban J connectivity index is 1.07. The Bertz CT molecular complexity index is 2970. The maximum atomic E-state index is 6.38. The molecule has 0 saturated heterocycles. The quantitative estimate of drug-likeness (QED) is 0.188. The molecule has 0 fully saturated rings. The zero-order chi connectivity index (χ0) is 32.8. The van der Waals surface area contributed by atoms with Crippen molar-refractivity contribution in [2.24, 2.45) is 0 Å². The smallest absolute Gasteiger partial charge is 0.137 e. The van der Waals surface area contributed by atoms with Crippen LogP contribution in [-0.4, -0.2) is 0 Å². The highest BCUT2D eigenvalue weighted by Crippen LogP contribution is 2.46. The van der Waals surface area contributed by atoms with Gasteiger partial charge in [-0.1, -0.05) is 109 Å². The summed E-state index contributed by atoms with van der Waals surface area (Å²) in [6.45, 7) is 0. The number of furan rings is 1. The number of nitrogens with zero attached hydrogens (tertiary/aromatic N) is 1. The standard InChI is InChI=1S/C47H29NOS/c1-4-11-38-29(8-1)19-24-41-46-37(13-7-15-45(46)50-47(38)41)30-16-20-33(21-17-30)48(34-22-18-32-26-31-9-2-3-10-36(31)42(32)27-34)35-23-25-40-39-12-5-6-14-43(39)49-44(40)28-35/h1-25,27-28H,26H2. The van der Waals surface area contributed by atoms with E-state index in [0.717, 1.165) is 45.4 Å². The van der Waals surface area contributed by atoms with Gasteiger partial charge >= 0.3 is 0 Å². The van der Waals surface area contributed by atoms with Gasteiger partial charge in [0.05, 0.1) is 0 Å². The van der Waals surface area contributed by atoms with Crippen LogP contribution in [0.4, 0.5) is 17.1 Å². The number of thiophene rings is 1. The number of rotatable bonds is 4. The summed E-state index contributed by atoms with van der Waals surface area (Å²) < 4.78 is 9.05. The molecule has 0 bridgehead atoms. The lowest BCUT2D eigenvalue weighted by molar-refractivity contribution is 0.669. The van der Waals surface area contributed by atoms with Crippen molar-refractivity contribution in [2.75, 3.05) is 4.90 Å². The lowest BCUT2D eigenvalue weighted by Crippen LogP contribution is -2.10. The molecule has 0 saturated carbocycles. The van der Waals surface area contributed by atoms with Crippen LogP contribution >= 0.6 is 11.3 Å². The highest BCUT2D eigenvalue weighted by molar-refractivity contribution is 7.26. The third-order valence-corrected chi connectivity index (χ3v) is 11.7. The van der Waals surface area contributed by atoms with Gasteiger partial charge in [0, 0.05) is 54.1 Å². The summed E-state index contributed by atoms with van der Waals surface area (Å²) in [5, 5.41) is 7.53. The molecule has 0 amide bonds. The van der Waals surface area contributed by atoms with Gasteiger partial charge in [0.25, 0.3) is 0 Å². The van der Waals surface area contributed by atoms with Gasteiger partial charge in [0.2, 0.25) is 0 Å².